The fourth-order valence-electron chi connectivity index (χ4n) is 1.75. The van der Waals surface area contributed by atoms with Crippen molar-refractivity contribution in [3.05, 3.63) is 35.5 Å². The van der Waals surface area contributed by atoms with Gasteiger partial charge in [-0.3, -0.25) is 4.79 Å². The lowest BCUT2D eigenvalue weighted by molar-refractivity contribution is 0.110. The van der Waals surface area contributed by atoms with Gasteiger partial charge in [0, 0.05) is 40.0 Å². The van der Waals surface area contributed by atoms with E-state index in [-0.39, 0.29) is 3.79 Å². The van der Waals surface area contributed by atoms with Gasteiger partial charge in [0.15, 0.2) is 0 Å². The molecule has 1 aromatic carbocycles. The predicted octanol–water partition coefficient (Wildman–Crippen LogP) is 2.80. The number of benzene rings is 1. The van der Waals surface area contributed by atoms with E-state index in [0.717, 1.165) is 17.4 Å². The van der Waals surface area contributed by atoms with E-state index in [1.165, 1.54) is 5.56 Å². The molecule has 1 heterocycles. The van der Waals surface area contributed by atoms with E-state index in [4.69, 9.17) is 0 Å². The first-order valence-electron chi connectivity index (χ1n) is 5.02. The Morgan fingerprint density at radius 2 is 2.12 bits per heavy atom. The highest BCUT2D eigenvalue weighted by atomic mass is 127. The van der Waals surface area contributed by atoms with Crippen LogP contribution in [-0.4, -0.2) is 27.8 Å². The third-order valence-electron chi connectivity index (χ3n) is 2.40. The zero-order chi connectivity index (χ0) is 11.7. The number of hydrogen-bond donors (Lipinski definition) is 1. The summed E-state index contributed by atoms with van der Waals surface area (Å²) >= 11 is 1.79. The van der Waals surface area contributed by atoms with E-state index in [9.17, 15) is 4.79 Å². The Morgan fingerprint density at radius 3 is 2.75 bits per heavy atom. The standard InChI is InChI=1S/C12H13IN2O/c1-15(2)7-8-3-4-10-9(5-8)6-11(14-10)12(13)16/h3-6,14H,7H2,1-2H3. The van der Waals surface area contributed by atoms with Crippen LogP contribution in [0.3, 0.4) is 0 Å². The second-order valence-electron chi connectivity index (χ2n) is 4.12. The first kappa shape index (κ1) is 11.6. The molecule has 0 unspecified atom stereocenters. The monoisotopic (exact) mass is 328 g/mol. The van der Waals surface area contributed by atoms with Crippen molar-refractivity contribution in [1.82, 2.24) is 9.88 Å². The lowest BCUT2D eigenvalue weighted by atomic mass is 10.1. The first-order chi connectivity index (χ1) is 7.56. The van der Waals surface area contributed by atoms with Crippen LogP contribution in [-0.2, 0) is 6.54 Å². The molecule has 16 heavy (non-hydrogen) atoms. The van der Waals surface area contributed by atoms with Gasteiger partial charge >= 0.3 is 0 Å². The average Bonchev–Trinajstić information content (AvgIpc) is 2.59. The third kappa shape index (κ3) is 2.44. The summed E-state index contributed by atoms with van der Waals surface area (Å²) in [6.07, 6.45) is 0. The average molecular weight is 328 g/mol. The summed E-state index contributed by atoms with van der Waals surface area (Å²) in [5.74, 6) is 0. The van der Waals surface area contributed by atoms with Crippen LogP contribution in [0, 0.1) is 0 Å². The molecule has 0 bridgehead atoms. The maximum Gasteiger partial charge on any atom is 0.238 e. The van der Waals surface area contributed by atoms with Crippen LogP contribution < -0.4 is 0 Å². The molecular formula is C12H13IN2O. The Hall–Kier alpha value is -0.880. The van der Waals surface area contributed by atoms with E-state index < -0.39 is 0 Å². The minimum Gasteiger partial charge on any atom is -0.351 e. The quantitative estimate of drug-likeness (QED) is 0.695. The molecule has 84 valence electrons. The van der Waals surface area contributed by atoms with Crippen LogP contribution in [0.15, 0.2) is 24.3 Å². The van der Waals surface area contributed by atoms with Crippen LogP contribution >= 0.6 is 22.6 Å². The smallest absolute Gasteiger partial charge is 0.238 e. The van der Waals surface area contributed by atoms with E-state index >= 15 is 0 Å². The molecule has 0 radical (unpaired) electrons. The van der Waals surface area contributed by atoms with Crippen molar-refractivity contribution in [3.8, 4) is 0 Å². The molecule has 3 nitrogen and oxygen atoms in total. The molecule has 1 aromatic heterocycles. The number of halogens is 1. The number of carbonyl (C=O) groups excluding carboxylic acids is 1. The maximum atomic E-state index is 11.2. The second-order valence-corrected chi connectivity index (χ2v) is 5.10. The molecule has 1 N–H and O–H groups in total. The molecule has 0 saturated heterocycles. The van der Waals surface area contributed by atoms with Crippen LogP contribution in [0.5, 0.6) is 0 Å². The van der Waals surface area contributed by atoms with E-state index in [2.05, 4.69) is 22.0 Å². The van der Waals surface area contributed by atoms with Gasteiger partial charge in [-0.1, -0.05) is 6.07 Å². The molecule has 0 atom stereocenters. The summed E-state index contributed by atoms with van der Waals surface area (Å²) < 4.78 is 0.0444. The summed E-state index contributed by atoms with van der Waals surface area (Å²) in [6, 6.07) is 8.13. The Bertz CT molecular complexity index is 531. The number of fused-ring (bicyclic) bond motifs is 1. The Kier molecular flexibility index (Phi) is 3.30. The van der Waals surface area contributed by atoms with Crippen molar-refractivity contribution < 1.29 is 4.79 Å². The summed E-state index contributed by atoms with van der Waals surface area (Å²) in [7, 11) is 4.09. The van der Waals surface area contributed by atoms with Crippen molar-refractivity contribution in [2.45, 2.75) is 6.54 Å². The molecule has 0 amide bonds. The van der Waals surface area contributed by atoms with E-state index in [0.29, 0.717) is 5.69 Å². The molecule has 2 rings (SSSR count). The zero-order valence-electron chi connectivity index (χ0n) is 9.25. The lowest BCUT2D eigenvalue weighted by Gasteiger charge is -2.09. The minimum atomic E-state index is 0.0444. The van der Waals surface area contributed by atoms with Gasteiger partial charge in [-0.25, -0.2) is 0 Å². The number of hydrogen-bond acceptors (Lipinski definition) is 2. The lowest BCUT2D eigenvalue weighted by Crippen LogP contribution is -2.10. The summed E-state index contributed by atoms with van der Waals surface area (Å²) in [5.41, 5.74) is 2.93. The molecule has 0 saturated carbocycles. The molecule has 0 aliphatic rings. The van der Waals surface area contributed by atoms with Crippen LogP contribution in [0.4, 0.5) is 0 Å². The highest BCUT2D eigenvalue weighted by molar-refractivity contribution is 14.1. The molecule has 0 spiro atoms. The van der Waals surface area contributed by atoms with Crippen molar-refractivity contribution in [2.24, 2.45) is 0 Å². The van der Waals surface area contributed by atoms with Crippen LogP contribution in [0.2, 0.25) is 0 Å². The Labute approximate surface area is 108 Å². The maximum absolute atomic E-state index is 11.2. The van der Waals surface area contributed by atoms with Gasteiger partial charge in [-0.15, -0.1) is 0 Å². The second kappa shape index (κ2) is 4.55. The van der Waals surface area contributed by atoms with Gasteiger partial charge in [0.1, 0.15) is 0 Å². The number of H-pyrrole nitrogens is 1. The highest BCUT2D eigenvalue weighted by Gasteiger charge is 2.06. The number of aromatic nitrogens is 1. The molecule has 0 aliphatic carbocycles. The van der Waals surface area contributed by atoms with E-state index in [1.54, 1.807) is 22.6 Å². The molecular weight excluding hydrogens is 315 g/mol. The van der Waals surface area contributed by atoms with E-state index in [1.807, 2.05) is 26.2 Å². The number of carbonyl (C=O) groups is 1. The largest absolute Gasteiger partial charge is 0.351 e. The van der Waals surface area contributed by atoms with Gasteiger partial charge in [0.05, 0.1) is 5.69 Å². The third-order valence-corrected chi connectivity index (χ3v) is 2.98. The SMILES string of the molecule is CN(C)Cc1ccc2[nH]c(C(=O)I)cc2c1. The van der Waals surface area contributed by atoms with Crippen molar-refractivity contribution in [2.75, 3.05) is 14.1 Å². The van der Waals surface area contributed by atoms with Crippen molar-refractivity contribution in [1.29, 1.82) is 0 Å². The van der Waals surface area contributed by atoms with Crippen molar-refractivity contribution in [3.63, 3.8) is 0 Å². The van der Waals surface area contributed by atoms with Gasteiger partial charge in [0.25, 0.3) is 0 Å². The van der Waals surface area contributed by atoms with Crippen LogP contribution in [0.25, 0.3) is 10.9 Å². The van der Waals surface area contributed by atoms with Gasteiger partial charge in [0.2, 0.25) is 3.79 Å². The number of nitrogens with one attached hydrogen (secondary N) is 1. The fourth-order valence-corrected chi connectivity index (χ4v) is 2.04. The first-order valence-corrected chi connectivity index (χ1v) is 6.10. The fraction of sp³-hybridized carbons (Fsp3) is 0.250. The summed E-state index contributed by atoms with van der Waals surface area (Å²) in [5, 5.41) is 1.10. The normalized spacial score (nSPS) is 11.2. The van der Waals surface area contributed by atoms with Gasteiger partial charge in [-0.05, 0) is 37.9 Å². The Morgan fingerprint density at radius 1 is 1.38 bits per heavy atom. The summed E-state index contributed by atoms with van der Waals surface area (Å²) in [4.78, 5) is 16.5. The van der Waals surface area contributed by atoms with Crippen LogP contribution in [0.1, 0.15) is 16.1 Å². The topological polar surface area (TPSA) is 36.1 Å². The predicted molar refractivity (Wildman–Crippen MR) is 74.0 cm³/mol. The molecule has 4 heteroatoms. The number of nitrogens with zero attached hydrogens (tertiary/aromatic N) is 1. The molecule has 2 aromatic rings. The molecule has 0 aliphatic heterocycles. The minimum absolute atomic E-state index is 0.0444. The summed E-state index contributed by atoms with van der Waals surface area (Å²) in [6.45, 7) is 0.911. The highest BCUT2D eigenvalue weighted by Crippen LogP contribution is 2.19. The number of rotatable bonds is 3. The van der Waals surface area contributed by atoms with Crippen molar-refractivity contribution >= 4 is 37.3 Å². The molecule has 0 fully saturated rings. The van der Waals surface area contributed by atoms with Gasteiger partial charge in [-0.2, -0.15) is 0 Å². The zero-order valence-corrected chi connectivity index (χ0v) is 11.4. The Balaban J connectivity index is 2.41. The number of aromatic amines is 1. The van der Waals surface area contributed by atoms with Gasteiger partial charge < -0.3 is 9.88 Å².